The van der Waals surface area contributed by atoms with Crippen molar-refractivity contribution in [2.75, 3.05) is 37.0 Å². The van der Waals surface area contributed by atoms with Crippen molar-refractivity contribution in [3.63, 3.8) is 0 Å². The molecule has 2 atom stereocenters. The lowest BCUT2D eigenvalue weighted by Crippen LogP contribution is -2.58. The van der Waals surface area contributed by atoms with Gasteiger partial charge in [-0.2, -0.15) is 4.98 Å². The summed E-state index contributed by atoms with van der Waals surface area (Å²) in [4.78, 5) is 35.4. The molecular formula is C29H29ClF2N4O3S. The average molecular weight is 587 g/mol. The summed E-state index contributed by atoms with van der Waals surface area (Å²) in [6, 6.07) is 3.80. The second-order valence-electron chi connectivity index (χ2n) is 11.2. The predicted molar refractivity (Wildman–Crippen MR) is 153 cm³/mol. The Kier molecular flexibility index (Phi) is 6.71. The van der Waals surface area contributed by atoms with Gasteiger partial charge in [0.25, 0.3) is 0 Å². The highest BCUT2D eigenvalue weighted by atomic mass is 35.5. The second kappa shape index (κ2) is 9.85. The molecule has 7 nitrogen and oxygen atoms in total. The number of benzene rings is 2. The number of halogens is 3. The van der Waals surface area contributed by atoms with Crippen LogP contribution in [-0.2, 0) is 16.1 Å². The van der Waals surface area contributed by atoms with E-state index in [1.165, 1.54) is 12.1 Å². The highest BCUT2D eigenvalue weighted by molar-refractivity contribution is 7.99. The van der Waals surface area contributed by atoms with E-state index in [2.05, 4.69) is 16.5 Å². The van der Waals surface area contributed by atoms with E-state index in [9.17, 15) is 14.0 Å². The van der Waals surface area contributed by atoms with E-state index in [0.29, 0.717) is 55.5 Å². The van der Waals surface area contributed by atoms with Gasteiger partial charge in [-0.15, -0.1) is 11.8 Å². The maximum absolute atomic E-state index is 15.3. The molecule has 0 N–H and O–H groups in total. The standard InChI is InChI=1S/C29H29ClF2N4O3S/c1-5-23(37)34-9-17(4)35(10-16(34)3)27-19-6-15(2)24(18-7-20(30)22(32)8-21(18)31)26-25(19)36(28(38)33-27)11-29(14-40-26)12-39-13-29/h5-8,16-17H,1,9-14H2,2-4H3/t16-,17+/m1/s1. The van der Waals surface area contributed by atoms with Crippen molar-refractivity contribution in [2.24, 2.45) is 5.41 Å². The number of ether oxygens (including phenoxy) is 1. The van der Waals surface area contributed by atoms with Crippen LogP contribution in [0.15, 0.2) is 40.5 Å². The zero-order valence-corrected chi connectivity index (χ0v) is 24.0. The normalized spacial score (nSPS) is 21.9. The summed E-state index contributed by atoms with van der Waals surface area (Å²) in [6.45, 7) is 11.9. The van der Waals surface area contributed by atoms with Gasteiger partial charge in [0.2, 0.25) is 5.91 Å². The summed E-state index contributed by atoms with van der Waals surface area (Å²) in [5.41, 5.74) is 1.56. The molecule has 0 saturated carbocycles. The van der Waals surface area contributed by atoms with Crippen LogP contribution in [0.5, 0.6) is 0 Å². The fourth-order valence-corrected chi connectivity index (χ4v) is 7.74. The Labute approximate surface area is 239 Å². The lowest BCUT2D eigenvalue weighted by molar-refractivity contribution is -0.128. The number of carbonyl (C=O) groups excluding carboxylic acids is 1. The molecule has 2 aromatic carbocycles. The highest BCUT2D eigenvalue weighted by Crippen LogP contribution is 2.48. The van der Waals surface area contributed by atoms with E-state index >= 15 is 4.39 Å². The Morgan fingerprint density at radius 3 is 2.62 bits per heavy atom. The molecule has 2 fully saturated rings. The number of anilines is 1. The Morgan fingerprint density at radius 2 is 1.95 bits per heavy atom. The molecule has 0 radical (unpaired) electrons. The molecule has 1 aromatic heterocycles. The molecule has 0 aliphatic carbocycles. The van der Waals surface area contributed by atoms with Crippen molar-refractivity contribution in [1.29, 1.82) is 0 Å². The van der Waals surface area contributed by atoms with E-state index < -0.39 is 17.3 Å². The zero-order chi connectivity index (χ0) is 28.5. The van der Waals surface area contributed by atoms with Crippen LogP contribution in [0.1, 0.15) is 19.4 Å². The molecule has 40 heavy (non-hydrogen) atoms. The van der Waals surface area contributed by atoms with Crippen LogP contribution in [0.3, 0.4) is 0 Å². The SMILES string of the molecule is C=CC(=O)N1C[C@H](C)N(c2nc(=O)n3c4c(c(-c5cc(Cl)c(F)cc5F)c(C)cc24)SCC2(COC2)C3)C[C@H]1C. The van der Waals surface area contributed by atoms with Gasteiger partial charge in [0.05, 0.1) is 23.8 Å². The third-order valence-electron chi connectivity index (χ3n) is 8.22. The number of aryl methyl sites for hydroxylation is 1. The number of hydrogen-bond donors (Lipinski definition) is 0. The third-order valence-corrected chi connectivity index (χ3v) is 9.96. The van der Waals surface area contributed by atoms with E-state index in [1.54, 1.807) is 21.2 Å². The Hall–Kier alpha value is -2.95. The minimum atomic E-state index is -0.828. The van der Waals surface area contributed by atoms with E-state index in [-0.39, 0.29) is 34.0 Å². The van der Waals surface area contributed by atoms with Gasteiger partial charge in [0.15, 0.2) is 0 Å². The number of thioether (sulfide) groups is 1. The first kappa shape index (κ1) is 27.2. The maximum atomic E-state index is 15.3. The Morgan fingerprint density at radius 1 is 1.20 bits per heavy atom. The minimum absolute atomic E-state index is 0.119. The van der Waals surface area contributed by atoms with Crippen molar-refractivity contribution in [3.05, 3.63) is 63.6 Å². The molecule has 2 saturated heterocycles. The van der Waals surface area contributed by atoms with E-state index in [1.807, 2.05) is 26.8 Å². The second-order valence-corrected chi connectivity index (χ2v) is 12.6. The fraction of sp³-hybridized carbons (Fsp3) is 0.414. The summed E-state index contributed by atoms with van der Waals surface area (Å²) in [7, 11) is 0. The first-order valence-electron chi connectivity index (χ1n) is 13.2. The molecule has 3 aromatic rings. The van der Waals surface area contributed by atoms with Crippen LogP contribution in [-0.4, -0.2) is 64.5 Å². The first-order chi connectivity index (χ1) is 19.0. The number of carbonyl (C=O) groups is 1. The molecule has 11 heteroatoms. The van der Waals surface area contributed by atoms with Gasteiger partial charge in [-0.25, -0.2) is 13.6 Å². The zero-order valence-electron chi connectivity index (χ0n) is 22.5. The van der Waals surface area contributed by atoms with Crippen LogP contribution in [0.2, 0.25) is 5.02 Å². The number of piperazine rings is 1. The van der Waals surface area contributed by atoms with Gasteiger partial charge in [-0.3, -0.25) is 9.36 Å². The van der Waals surface area contributed by atoms with Crippen molar-refractivity contribution in [1.82, 2.24) is 14.5 Å². The molecular weight excluding hydrogens is 558 g/mol. The lowest BCUT2D eigenvalue weighted by Gasteiger charge is -2.44. The van der Waals surface area contributed by atoms with Gasteiger partial charge in [-0.1, -0.05) is 18.2 Å². The van der Waals surface area contributed by atoms with Gasteiger partial charge in [0, 0.05) is 70.4 Å². The predicted octanol–water partition coefficient (Wildman–Crippen LogP) is 5.04. The summed E-state index contributed by atoms with van der Waals surface area (Å²) in [5.74, 6) is -0.477. The summed E-state index contributed by atoms with van der Waals surface area (Å²) < 4.78 is 36.6. The molecule has 3 aliphatic rings. The topological polar surface area (TPSA) is 67.7 Å². The van der Waals surface area contributed by atoms with Crippen LogP contribution in [0, 0.1) is 24.0 Å². The van der Waals surface area contributed by atoms with Crippen LogP contribution < -0.4 is 10.6 Å². The highest BCUT2D eigenvalue weighted by Gasteiger charge is 2.43. The molecule has 3 aliphatic heterocycles. The van der Waals surface area contributed by atoms with Crippen LogP contribution in [0.4, 0.5) is 14.6 Å². The van der Waals surface area contributed by atoms with Crippen molar-refractivity contribution in [3.8, 4) is 11.1 Å². The van der Waals surface area contributed by atoms with Gasteiger partial charge >= 0.3 is 5.69 Å². The number of aromatic nitrogens is 2. The number of amides is 1. The van der Waals surface area contributed by atoms with Gasteiger partial charge in [-0.05, 0) is 44.5 Å². The molecule has 0 bridgehead atoms. The number of hydrogen-bond acceptors (Lipinski definition) is 6. The van der Waals surface area contributed by atoms with Crippen LogP contribution in [0.25, 0.3) is 22.0 Å². The first-order valence-corrected chi connectivity index (χ1v) is 14.5. The molecule has 210 valence electrons. The smallest absolute Gasteiger partial charge is 0.350 e. The van der Waals surface area contributed by atoms with Gasteiger partial charge < -0.3 is 14.5 Å². The Balaban J connectivity index is 1.60. The van der Waals surface area contributed by atoms with Crippen molar-refractivity contribution in [2.45, 2.75) is 44.3 Å². The largest absolute Gasteiger partial charge is 0.380 e. The van der Waals surface area contributed by atoms with E-state index in [4.69, 9.17) is 16.3 Å². The molecule has 6 rings (SSSR count). The summed E-state index contributed by atoms with van der Waals surface area (Å²) in [5, 5.41) is 0.602. The van der Waals surface area contributed by atoms with Crippen molar-refractivity contribution < 1.29 is 18.3 Å². The summed E-state index contributed by atoms with van der Waals surface area (Å²) >= 11 is 7.67. The molecule has 1 spiro atoms. The van der Waals surface area contributed by atoms with E-state index in [0.717, 1.165) is 21.9 Å². The number of nitrogens with zero attached hydrogens (tertiary/aromatic N) is 4. The minimum Gasteiger partial charge on any atom is -0.380 e. The lowest BCUT2D eigenvalue weighted by atomic mass is 9.88. The van der Waals surface area contributed by atoms with Gasteiger partial charge in [0.1, 0.15) is 17.5 Å². The third kappa shape index (κ3) is 4.23. The fourth-order valence-electron chi connectivity index (χ4n) is 6.09. The van der Waals surface area contributed by atoms with Crippen LogP contribution >= 0.6 is 23.4 Å². The summed E-state index contributed by atoms with van der Waals surface area (Å²) in [6.07, 6.45) is 1.32. The maximum Gasteiger partial charge on any atom is 0.350 e. The molecule has 1 amide bonds. The monoisotopic (exact) mass is 586 g/mol. The van der Waals surface area contributed by atoms with Crippen molar-refractivity contribution >= 4 is 46.0 Å². The average Bonchev–Trinajstić information content (AvgIpc) is 3.08. The molecule has 4 heterocycles. The molecule has 0 unspecified atom stereocenters. The Bertz CT molecular complexity index is 1640. The quantitative estimate of drug-likeness (QED) is 0.317. The number of rotatable bonds is 3.